The maximum atomic E-state index is 12.9. The molecule has 1 aliphatic heterocycles. The number of nitrogens with zero attached hydrogens (tertiary/aromatic N) is 1. The summed E-state index contributed by atoms with van der Waals surface area (Å²) in [5.41, 5.74) is 2.21. The maximum Gasteiger partial charge on any atom is 0.410 e. The zero-order valence-corrected chi connectivity index (χ0v) is 21.6. The van der Waals surface area contributed by atoms with Gasteiger partial charge in [-0.15, -0.1) is 6.58 Å². The lowest BCUT2D eigenvalue weighted by Gasteiger charge is -2.30. The van der Waals surface area contributed by atoms with Gasteiger partial charge in [0.2, 0.25) is 0 Å². The summed E-state index contributed by atoms with van der Waals surface area (Å²) < 4.78 is 11.7. The van der Waals surface area contributed by atoms with Crippen LogP contribution in [0.2, 0.25) is 0 Å². The second kappa shape index (κ2) is 14.5. The highest BCUT2D eigenvalue weighted by Gasteiger charge is 2.39. The number of hydrogen-bond donors (Lipinski definition) is 0. The van der Waals surface area contributed by atoms with Crippen molar-refractivity contribution in [2.45, 2.75) is 109 Å². The SMILES string of the molecule is C=CCCCOC[C@@H]1[C@@H](c2ccc(CCCCCCCC)cc2)CCN1C(=O)OC(C)(C)C. The van der Waals surface area contributed by atoms with Crippen LogP contribution in [0, 0.1) is 0 Å². The third-order valence-electron chi connectivity index (χ3n) is 6.39. The van der Waals surface area contributed by atoms with E-state index in [1.165, 1.54) is 49.7 Å². The second-order valence-electron chi connectivity index (χ2n) is 10.4. The van der Waals surface area contributed by atoms with E-state index in [2.05, 4.69) is 37.8 Å². The van der Waals surface area contributed by atoms with Gasteiger partial charge in [0, 0.05) is 19.1 Å². The lowest BCUT2D eigenvalue weighted by Crippen LogP contribution is -2.43. The Morgan fingerprint density at radius 2 is 1.79 bits per heavy atom. The molecule has 1 aliphatic rings. The van der Waals surface area contributed by atoms with Crippen LogP contribution in [0.5, 0.6) is 0 Å². The van der Waals surface area contributed by atoms with Gasteiger partial charge in [-0.3, -0.25) is 0 Å². The Kier molecular flexibility index (Phi) is 12.0. The number of likely N-dealkylation sites (tertiary alicyclic amines) is 1. The average molecular weight is 458 g/mol. The van der Waals surface area contributed by atoms with Gasteiger partial charge in [0.05, 0.1) is 12.6 Å². The first-order valence-corrected chi connectivity index (χ1v) is 13.1. The van der Waals surface area contributed by atoms with Crippen LogP contribution in [-0.4, -0.2) is 42.4 Å². The normalized spacial score (nSPS) is 18.5. The highest BCUT2D eigenvalue weighted by Crippen LogP contribution is 2.35. The molecule has 1 amide bonds. The van der Waals surface area contributed by atoms with E-state index in [4.69, 9.17) is 9.47 Å². The number of carbonyl (C=O) groups is 1. The van der Waals surface area contributed by atoms with E-state index >= 15 is 0 Å². The van der Waals surface area contributed by atoms with E-state index in [9.17, 15) is 4.79 Å². The van der Waals surface area contributed by atoms with Crippen LogP contribution < -0.4 is 0 Å². The van der Waals surface area contributed by atoms with Crippen molar-refractivity contribution in [3.63, 3.8) is 0 Å². The quantitative estimate of drug-likeness (QED) is 0.212. The molecule has 0 radical (unpaired) electrons. The van der Waals surface area contributed by atoms with Gasteiger partial charge in [-0.1, -0.05) is 69.4 Å². The highest BCUT2D eigenvalue weighted by molar-refractivity contribution is 5.69. The number of amides is 1. The molecular weight excluding hydrogens is 410 g/mol. The average Bonchev–Trinajstić information content (AvgIpc) is 3.19. The Morgan fingerprint density at radius 3 is 2.45 bits per heavy atom. The van der Waals surface area contributed by atoms with Crippen LogP contribution in [-0.2, 0) is 15.9 Å². The minimum atomic E-state index is -0.497. The van der Waals surface area contributed by atoms with E-state index < -0.39 is 5.60 Å². The number of hydrogen-bond acceptors (Lipinski definition) is 3. The second-order valence-corrected chi connectivity index (χ2v) is 10.4. The molecule has 0 bridgehead atoms. The van der Waals surface area contributed by atoms with Crippen LogP contribution in [0.3, 0.4) is 0 Å². The number of carbonyl (C=O) groups excluding carboxylic acids is 1. The molecule has 2 atom stereocenters. The summed E-state index contributed by atoms with van der Waals surface area (Å²) in [5, 5.41) is 0. The first-order chi connectivity index (χ1) is 15.9. The summed E-state index contributed by atoms with van der Waals surface area (Å²) in [7, 11) is 0. The van der Waals surface area contributed by atoms with E-state index in [1.54, 1.807) is 0 Å². The molecule has 1 heterocycles. The lowest BCUT2D eigenvalue weighted by molar-refractivity contribution is 0.00889. The van der Waals surface area contributed by atoms with E-state index in [0.29, 0.717) is 19.8 Å². The van der Waals surface area contributed by atoms with Crippen LogP contribution in [0.4, 0.5) is 4.79 Å². The third-order valence-corrected chi connectivity index (χ3v) is 6.39. The predicted molar refractivity (Wildman–Crippen MR) is 138 cm³/mol. The summed E-state index contributed by atoms with van der Waals surface area (Å²) in [6, 6.07) is 9.09. The van der Waals surface area contributed by atoms with E-state index in [1.807, 2.05) is 31.7 Å². The Hall–Kier alpha value is -1.81. The Morgan fingerprint density at radius 1 is 1.09 bits per heavy atom. The molecule has 33 heavy (non-hydrogen) atoms. The fourth-order valence-electron chi connectivity index (χ4n) is 4.57. The lowest BCUT2D eigenvalue weighted by atomic mass is 9.91. The summed E-state index contributed by atoms with van der Waals surface area (Å²) in [4.78, 5) is 14.8. The molecule has 0 aliphatic carbocycles. The molecule has 1 aromatic carbocycles. The smallest absolute Gasteiger partial charge is 0.410 e. The van der Waals surface area contributed by atoms with Gasteiger partial charge in [0.15, 0.2) is 0 Å². The van der Waals surface area contributed by atoms with Crippen molar-refractivity contribution in [2.75, 3.05) is 19.8 Å². The van der Waals surface area contributed by atoms with Gasteiger partial charge in [-0.05, 0) is 64.0 Å². The molecule has 0 spiro atoms. The van der Waals surface area contributed by atoms with Crippen LogP contribution in [0.1, 0.15) is 103 Å². The van der Waals surface area contributed by atoms with Crippen molar-refractivity contribution < 1.29 is 14.3 Å². The summed E-state index contributed by atoms with van der Waals surface area (Å²) in [6.45, 7) is 13.7. The Labute approximate surface area is 202 Å². The molecule has 4 heteroatoms. The maximum absolute atomic E-state index is 12.9. The first-order valence-electron chi connectivity index (χ1n) is 13.1. The summed E-state index contributed by atoms with van der Waals surface area (Å²) in [6.07, 6.45) is 13.6. The van der Waals surface area contributed by atoms with Gasteiger partial charge in [-0.2, -0.15) is 0 Å². The fourth-order valence-corrected chi connectivity index (χ4v) is 4.57. The number of aryl methyl sites for hydroxylation is 1. The molecule has 0 N–H and O–H groups in total. The zero-order valence-electron chi connectivity index (χ0n) is 21.6. The zero-order chi connectivity index (χ0) is 24.1. The van der Waals surface area contributed by atoms with Gasteiger partial charge in [-0.25, -0.2) is 4.79 Å². The van der Waals surface area contributed by atoms with Crippen molar-refractivity contribution in [2.24, 2.45) is 0 Å². The summed E-state index contributed by atoms with van der Waals surface area (Å²) >= 11 is 0. The Balaban J connectivity index is 1.98. The molecule has 1 saturated heterocycles. The minimum absolute atomic E-state index is 0.00740. The molecular formula is C29H47NO3. The van der Waals surface area contributed by atoms with Crippen molar-refractivity contribution in [1.82, 2.24) is 4.90 Å². The van der Waals surface area contributed by atoms with E-state index in [0.717, 1.165) is 25.7 Å². The Bertz CT molecular complexity index is 692. The highest BCUT2D eigenvalue weighted by atomic mass is 16.6. The molecule has 0 unspecified atom stereocenters. The van der Waals surface area contributed by atoms with E-state index in [-0.39, 0.29) is 18.1 Å². The number of allylic oxidation sites excluding steroid dienone is 1. The topological polar surface area (TPSA) is 38.8 Å². The molecule has 1 fully saturated rings. The largest absolute Gasteiger partial charge is 0.444 e. The molecule has 4 nitrogen and oxygen atoms in total. The van der Waals surface area contributed by atoms with Gasteiger partial charge >= 0.3 is 6.09 Å². The molecule has 1 aromatic rings. The van der Waals surface area contributed by atoms with Crippen molar-refractivity contribution in [1.29, 1.82) is 0 Å². The van der Waals surface area contributed by atoms with Gasteiger partial charge in [0.25, 0.3) is 0 Å². The third kappa shape index (κ3) is 9.92. The van der Waals surface area contributed by atoms with Crippen molar-refractivity contribution in [3.8, 4) is 0 Å². The van der Waals surface area contributed by atoms with Gasteiger partial charge in [0.1, 0.15) is 5.60 Å². The summed E-state index contributed by atoms with van der Waals surface area (Å²) in [5.74, 6) is 0.278. The van der Waals surface area contributed by atoms with Crippen LogP contribution in [0.15, 0.2) is 36.9 Å². The molecule has 2 rings (SSSR count). The number of benzene rings is 1. The number of rotatable bonds is 14. The molecule has 0 saturated carbocycles. The first kappa shape index (κ1) is 27.4. The standard InChI is InChI=1S/C29H47NO3/c1-6-8-10-11-12-13-15-24-16-18-25(19-17-24)26-20-21-30(28(31)33-29(3,4)5)27(26)23-32-22-14-9-7-2/h7,16-19,26-27H,2,6,8-15,20-23H2,1,3-5H3/t26-,27-/m1/s1. The van der Waals surface area contributed by atoms with Crippen LogP contribution >= 0.6 is 0 Å². The number of ether oxygens (including phenoxy) is 2. The predicted octanol–water partition coefficient (Wildman–Crippen LogP) is 7.67. The van der Waals surface area contributed by atoms with Crippen molar-refractivity contribution in [3.05, 3.63) is 48.0 Å². The molecule has 186 valence electrons. The molecule has 0 aromatic heterocycles. The van der Waals surface area contributed by atoms with Gasteiger partial charge < -0.3 is 14.4 Å². The minimum Gasteiger partial charge on any atom is -0.444 e. The fraction of sp³-hybridized carbons (Fsp3) is 0.690. The van der Waals surface area contributed by atoms with Crippen molar-refractivity contribution >= 4 is 6.09 Å². The van der Waals surface area contributed by atoms with Crippen LogP contribution in [0.25, 0.3) is 0 Å². The monoisotopic (exact) mass is 457 g/mol. The number of unbranched alkanes of at least 4 members (excludes halogenated alkanes) is 6.